The smallest absolute Gasteiger partial charge is 0.179 e. The number of benzene rings is 6. The normalized spacial score (nSPS) is 11.8. The van der Waals surface area contributed by atoms with Crippen molar-refractivity contribution in [3.8, 4) is 11.3 Å². The van der Waals surface area contributed by atoms with Gasteiger partial charge in [0.25, 0.3) is 0 Å². The minimum absolute atomic E-state index is 1.04. The summed E-state index contributed by atoms with van der Waals surface area (Å²) in [5.74, 6) is 0. The van der Waals surface area contributed by atoms with Crippen LogP contribution in [-0.2, 0) is 0 Å². The number of hydrogen-bond acceptors (Lipinski definition) is 2. The maximum absolute atomic E-state index is 5.31. The van der Waals surface area contributed by atoms with Gasteiger partial charge in [0, 0.05) is 26.4 Å². The Balaban J connectivity index is 1.37. The molecule has 0 amide bonds. The maximum atomic E-state index is 5.31. The lowest BCUT2D eigenvalue weighted by atomic mass is 10.0. The van der Waals surface area contributed by atoms with Crippen molar-refractivity contribution in [3.63, 3.8) is 0 Å². The van der Waals surface area contributed by atoms with Gasteiger partial charge in [-0.05, 0) is 32.2 Å². The molecular formula is C39H27NSSi. The molecule has 0 unspecified atom stereocenters. The molecule has 0 spiro atoms. The Morgan fingerprint density at radius 3 is 1.43 bits per heavy atom. The highest BCUT2D eigenvalue weighted by Gasteiger charge is 2.41. The van der Waals surface area contributed by atoms with Crippen LogP contribution in [0.15, 0.2) is 164 Å². The molecule has 2 aromatic heterocycles. The topological polar surface area (TPSA) is 12.9 Å². The maximum Gasteiger partial charge on any atom is 0.179 e. The molecule has 0 aliphatic heterocycles. The Morgan fingerprint density at radius 1 is 0.405 bits per heavy atom. The van der Waals surface area contributed by atoms with Crippen molar-refractivity contribution in [1.29, 1.82) is 0 Å². The summed E-state index contributed by atoms with van der Waals surface area (Å²) in [6.07, 6.45) is 0. The highest BCUT2D eigenvalue weighted by atomic mass is 32.1. The van der Waals surface area contributed by atoms with Crippen molar-refractivity contribution < 1.29 is 0 Å². The second kappa shape index (κ2) is 10.2. The number of aromatic nitrogens is 1. The van der Waals surface area contributed by atoms with E-state index in [9.17, 15) is 0 Å². The molecule has 8 aromatic rings. The SMILES string of the molecule is c1ccc([Si](c2ccccc2)(c2ccccc2)c2ccc(-c3nc4sc5ccccc5c4c4ccccc34)cc2)cc1. The van der Waals surface area contributed by atoms with Crippen molar-refractivity contribution in [2.75, 3.05) is 0 Å². The predicted molar refractivity (Wildman–Crippen MR) is 184 cm³/mol. The summed E-state index contributed by atoms with van der Waals surface area (Å²) in [5.41, 5.74) is 2.19. The second-order valence-electron chi connectivity index (χ2n) is 10.7. The standard InChI is InChI=1S/C39H27NSSi/c1-4-14-29(15-5-1)42(30-16-6-2-7-17-30,31-18-8-3-9-19-31)32-26-24-28(25-27-32)38-34-21-11-10-20-33(34)37-35-22-12-13-23-36(35)41-39(37)40-38/h1-27H. The Labute approximate surface area is 250 Å². The lowest BCUT2D eigenvalue weighted by molar-refractivity contribution is 1.46. The molecule has 198 valence electrons. The fourth-order valence-corrected chi connectivity index (χ4v) is 12.4. The quantitative estimate of drug-likeness (QED) is 0.153. The average Bonchev–Trinajstić information content (AvgIpc) is 3.46. The van der Waals surface area contributed by atoms with Gasteiger partial charge in [0.2, 0.25) is 0 Å². The van der Waals surface area contributed by atoms with Crippen molar-refractivity contribution in [3.05, 3.63) is 164 Å². The van der Waals surface area contributed by atoms with Crippen LogP contribution in [-0.4, -0.2) is 13.1 Å². The first-order chi connectivity index (χ1) is 20.8. The van der Waals surface area contributed by atoms with Gasteiger partial charge in [0.05, 0.1) is 5.69 Å². The molecule has 42 heavy (non-hydrogen) atoms. The van der Waals surface area contributed by atoms with Gasteiger partial charge >= 0.3 is 0 Å². The zero-order valence-corrected chi connectivity index (χ0v) is 24.8. The molecule has 0 aliphatic carbocycles. The summed E-state index contributed by atoms with van der Waals surface area (Å²) in [6.45, 7) is 0. The highest BCUT2D eigenvalue weighted by molar-refractivity contribution is 7.25. The van der Waals surface area contributed by atoms with Gasteiger partial charge in [0.1, 0.15) is 4.83 Å². The Kier molecular flexibility index (Phi) is 6.06. The van der Waals surface area contributed by atoms with E-state index in [4.69, 9.17) is 4.98 Å². The number of rotatable bonds is 5. The van der Waals surface area contributed by atoms with Crippen molar-refractivity contribution >= 4 is 71.2 Å². The first-order valence-corrected chi connectivity index (χ1v) is 17.1. The van der Waals surface area contributed by atoms with Crippen LogP contribution in [0.5, 0.6) is 0 Å². The summed E-state index contributed by atoms with van der Waals surface area (Å²) in [7, 11) is -2.56. The minimum Gasteiger partial charge on any atom is -0.236 e. The van der Waals surface area contributed by atoms with Gasteiger partial charge in [-0.2, -0.15) is 0 Å². The fraction of sp³-hybridized carbons (Fsp3) is 0. The first kappa shape index (κ1) is 24.9. The van der Waals surface area contributed by atoms with Crippen molar-refractivity contribution in [1.82, 2.24) is 4.98 Å². The van der Waals surface area contributed by atoms with Gasteiger partial charge in [-0.3, -0.25) is 0 Å². The van der Waals surface area contributed by atoms with E-state index < -0.39 is 8.07 Å². The fourth-order valence-electron chi connectivity index (χ4n) is 6.60. The monoisotopic (exact) mass is 569 g/mol. The van der Waals surface area contributed by atoms with E-state index in [2.05, 4.69) is 164 Å². The third-order valence-corrected chi connectivity index (χ3v) is 14.3. The number of fused-ring (bicyclic) bond motifs is 5. The van der Waals surface area contributed by atoms with Crippen LogP contribution in [0.25, 0.3) is 42.3 Å². The zero-order valence-electron chi connectivity index (χ0n) is 22.9. The molecule has 6 aromatic carbocycles. The molecular weight excluding hydrogens is 543 g/mol. The molecule has 2 heterocycles. The second-order valence-corrected chi connectivity index (χ2v) is 15.5. The van der Waals surface area contributed by atoms with E-state index in [-0.39, 0.29) is 0 Å². The van der Waals surface area contributed by atoms with E-state index in [1.54, 1.807) is 11.3 Å². The Morgan fingerprint density at radius 2 is 0.857 bits per heavy atom. The van der Waals surface area contributed by atoms with Gasteiger partial charge < -0.3 is 0 Å². The number of hydrogen-bond donors (Lipinski definition) is 0. The third kappa shape index (κ3) is 3.86. The van der Waals surface area contributed by atoms with E-state index in [0.29, 0.717) is 0 Å². The van der Waals surface area contributed by atoms with Gasteiger partial charge in [-0.1, -0.05) is 158 Å². The van der Waals surface area contributed by atoms with Gasteiger partial charge in [-0.15, -0.1) is 11.3 Å². The van der Waals surface area contributed by atoms with Crippen LogP contribution in [0.2, 0.25) is 0 Å². The van der Waals surface area contributed by atoms with Gasteiger partial charge in [0.15, 0.2) is 8.07 Å². The molecule has 0 radical (unpaired) electrons. The van der Waals surface area contributed by atoms with Crippen LogP contribution in [0, 0.1) is 0 Å². The van der Waals surface area contributed by atoms with Crippen LogP contribution in [0.1, 0.15) is 0 Å². The number of thiophene rings is 1. The van der Waals surface area contributed by atoms with Crippen LogP contribution < -0.4 is 20.7 Å². The molecule has 0 atom stereocenters. The molecule has 0 aliphatic rings. The molecule has 0 saturated heterocycles. The summed E-state index contributed by atoms with van der Waals surface area (Å²) in [5, 5.41) is 10.5. The molecule has 1 nitrogen and oxygen atoms in total. The molecule has 0 fully saturated rings. The Bertz CT molecular complexity index is 2070. The lowest BCUT2D eigenvalue weighted by Gasteiger charge is -2.34. The van der Waals surface area contributed by atoms with Crippen LogP contribution in [0.4, 0.5) is 0 Å². The summed E-state index contributed by atoms with van der Waals surface area (Å²) in [6, 6.07) is 59.9. The first-order valence-electron chi connectivity index (χ1n) is 14.3. The van der Waals surface area contributed by atoms with E-state index in [1.165, 1.54) is 47.0 Å². The average molecular weight is 570 g/mol. The largest absolute Gasteiger partial charge is 0.236 e. The van der Waals surface area contributed by atoms with Crippen molar-refractivity contribution in [2.24, 2.45) is 0 Å². The highest BCUT2D eigenvalue weighted by Crippen LogP contribution is 2.40. The van der Waals surface area contributed by atoms with E-state index in [1.807, 2.05) is 0 Å². The van der Waals surface area contributed by atoms with Crippen LogP contribution in [0.3, 0.4) is 0 Å². The van der Waals surface area contributed by atoms with Gasteiger partial charge in [-0.25, -0.2) is 4.98 Å². The summed E-state index contributed by atoms with van der Waals surface area (Å²) in [4.78, 5) is 6.40. The summed E-state index contributed by atoms with van der Waals surface area (Å²) < 4.78 is 1.28. The molecule has 8 rings (SSSR count). The zero-order chi connectivity index (χ0) is 27.9. The lowest BCUT2D eigenvalue weighted by Crippen LogP contribution is -2.74. The van der Waals surface area contributed by atoms with Crippen molar-refractivity contribution in [2.45, 2.75) is 0 Å². The van der Waals surface area contributed by atoms with E-state index >= 15 is 0 Å². The number of nitrogens with zero attached hydrogens (tertiary/aromatic N) is 1. The number of pyridine rings is 1. The molecule has 0 N–H and O–H groups in total. The molecule has 3 heteroatoms. The minimum atomic E-state index is -2.56. The summed E-state index contributed by atoms with van der Waals surface area (Å²) >= 11 is 1.78. The van der Waals surface area contributed by atoms with E-state index in [0.717, 1.165) is 16.1 Å². The van der Waals surface area contributed by atoms with Crippen LogP contribution >= 0.6 is 11.3 Å². The molecule has 0 bridgehead atoms. The third-order valence-electron chi connectivity index (χ3n) is 8.45. The predicted octanol–water partition coefficient (Wildman–Crippen LogP) is 7.65. The Hall–Kier alpha value is -4.83. The molecule has 0 saturated carbocycles.